The monoisotopic (exact) mass is 1050 g/mol. The summed E-state index contributed by atoms with van der Waals surface area (Å²) in [5.41, 5.74) is 13.0. The summed E-state index contributed by atoms with van der Waals surface area (Å²) in [5, 5.41) is 30.8. The lowest BCUT2D eigenvalue weighted by atomic mass is 9.96. The van der Waals surface area contributed by atoms with Crippen LogP contribution in [0, 0.1) is 22.7 Å². The molecule has 9 heteroatoms. The first-order valence-corrected chi connectivity index (χ1v) is 28.0. The van der Waals surface area contributed by atoms with Gasteiger partial charge >= 0.3 is 0 Å². The fourth-order valence-corrected chi connectivity index (χ4v) is 14.7. The Morgan fingerprint density at radius 1 is 0.312 bits per heavy atom. The molecule has 11 aromatic carbocycles. The Labute approximate surface area is 466 Å². The van der Waals surface area contributed by atoms with Crippen molar-refractivity contribution in [3.63, 3.8) is 0 Å². The average Bonchev–Trinajstić information content (AvgIpc) is 4.31. The second-order valence-electron chi connectivity index (χ2n) is 20.0. The topological polar surface area (TPSA) is 96.1 Å². The van der Waals surface area contributed by atoms with Gasteiger partial charge in [-0.1, -0.05) is 176 Å². The Morgan fingerprint density at radius 2 is 0.713 bits per heavy atom. The molecule has 16 rings (SSSR count). The van der Waals surface area contributed by atoms with Crippen molar-refractivity contribution in [1.29, 1.82) is 10.5 Å². The van der Waals surface area contributed by atoms with Gasteiger partial charge in [-0.25, -0.2) is 15.0 Å². The van der Waals surface area contributed by atoms with E-state index in [1.54, 1.807) is 0 Å². The second-order valence-corrected chi connectivity index (χ2v) is 22.1. The standard InChI is InChI=1S/C71H39N7S2/c72-40-45-18-4-6-20-47(45)49-32-30-43(38-61(49)77-57-26-12-8-24-55(57)65-59(77)36-34-53-51-22-10-14-28-63(51)79-67(53)65)70-74-69(42-16-2-1-3-17-42)75-71(76-70)44-31-33-50(48-21-7-5-19-46(48)41-73)62(39-44)78-58-27-13-9-25-56(58)66-60(78)37-35-54-52-23-11-15-29-64(52)80-68(54)66/h1-39H. The Bertz CT molecular complexity index is 5050. The number of rotatable bonds is 7. The predicted octanol–water partition coefficient (Wildman–Crippen LogP) is 18.9. The van der Waals surface area contributed by atoms with E-state index < -0.39 is 0 Å². The Kier molecular flexibility index (Phi) is 10.3. The summed E-state index contributed by atoms with van der Waals surface area (Å²) in [7, 11) is 0. The molecule has 0 fully saturated rings. The second kappa shape index (κ2) is 18.0. The zero-order valence-corrected chi connectivity index (χ0v) is 44.1. The van der Waals surface area contributed by atoms with Crippen LogP contribution in [0.3, 0.4) is 0 Å². The SMILES string of the molecule is N#Cc1ccccc1-c1ccc(-c2nc(-c3ccccc3)nc(-c3ccc(-c4ccccc4C#N)c(-n4c5ccccc5c5c6sc7ccccc7c6ccc54)c3)n2)cc1-n1c2ccccc2c2c3sc4ccccc4c3ccc21. The highest BCUT2D eigenvalue weighted by Gasteiger charge is 2.25. The van der Waals surface area contributed by atoms with Crippen LogP contribution < -0.4 is 0 Å². The lowest BCUT2D eigenvalue weighted by molar-refractivity contribution is 1.07. The van der Waals surface area contributed by atoms with Crippen molar-refractivity contribution >= 4 is 107 Å². The van der Waals surface area contributed by atoms with Crippen molar-refractivity contribution in [2.75, 3.05) is 0 Å². The third-order valence-electron chi connectivity index (χ3n) is 15.7. The number of para-hydroxylation sites is 2. The van der Waals surface area contributed by atoms with Crippen molar-refractivity contribution in [3.8, 4) is 79.9 Å². The molecule has 0 saturated carbocycles. The van der Waals surface area contributed by atoms with Gasteiger partial charge in [0.1, 0.15) is 0 Å². The number of nitriles is 2. The van der Waals surface area contributed by atoms with Crippen LogP contribution in [-0.4, -0.2) is 24.1 Å². The van der Waals surface area contributed by atoms with E-state index in [4.69, 9.17) is 15.0 Å². The van der Waals surface area contributed by atoms with Crippen LogP contribution in [0.1, 0.15) is 11.1 Å². The molecule has 0 aliphatic heterocycles. The molecule has 80 heavy (non-hydrogen) atoms. The molecular weight excluding hydrogens is 1010 g/mol. The molecule has 0 bridgehead atoms. The summed E-state index contributed by atoms with van der Waals surface area (Å²) in [4.78, 5) is 16.1. The van der Waals surface area contributed by atoms with Gasteiger partial charge in [-0.05, 0) is 60.7 Å². The predicted molar refractivity (Wildman–Crippen MR) is 331 cm³/mol. The largest absolute Gasteiger partial charge is 0.309 e. The smallest absolute Gasteiger partial charge is 0.164 e. The van der Waals surface area contributed by atoms with E-state index in [1.807, 2.05) is 102 Å². The summed E-state index contributed by atoms with van der Waals surface area (Å²) < 4.78 is 9.66. The van der Waals surface area contributed by atoms with Gasteiger partial charge in [0, 0.05) is 101 Å². The molecule has 5 heterocycles. The van der Waals surface area contributed by atoms with Crippen molar-refractivity contribution in [3.05, 3.63) is 248 Å². The fraction of sp³-hybridized carbons (Fsp3) is 0. The molecular formula is C71H39N7S2. The van der Waals surface area contributed by atoms with Gasteiger partial charge < -0.3 is 9.13 Å². The normalized spacial score (nSPS) is 11.7. The number of nitrogens with zero attached hydrogens (tertiary/aromatic N) is 7. The van der Waals surface area contributed by atoms with Crippen LogP contribution in [-0.2, 0) is 0 Å². The third-order valence-corrected chi connectivity index (χ3v) is 18.1. The van der Waals surface area contributed by atoms with Crippen molar-refractivity contribution in [2.45, 2.75) is 0 Å². The summed E-state index contributed by atoms with van der Waals surface area (Å²) in [6.07, 6.45) is 0. The number of hydrogen-bond acceptors (Lipinski definition) is 7. The maximum absolute atomic E-state index is 10.6. The fourth-order valence-electron chi connectivity index (χ4n) is 12.1. The maximum atomic E-state index is 10.6. The minimum absolute atomic E-state index is 0.493. The van der Waals surface area contributed by atoms with Crippen LogP contribution >= 0.6 is 22.7 Å². The number of fused-ring (bicyclic) bond motifs is 14. The lowest BCUT2D eigenvalue weighted by Crippen LogP contribution is -2.04. The molecule has 370 valence electrons. The van der Waals surface area contributed by atoms with E-state index in [0.29, 0.717) is 28.6 Å². The van der Waals surface area contributed by atoms with Crippen LogP contribution in [0.4, 0.5) is 0 Å². The summed E-state index contributed by atoms with van der Waals surface area (Å²) in [6, 6.07) is 86.9. The van der Waals surface area contributed by atoms with Gasteiger partial charge in [0.2, 0.25) is 0 Å². The first-order valence-electron chi connectivity index (χ1n) is 26.4. The van der Waals surface area contributed by atoms with Gasteiger partial charge in [-0.15, -0.1) is 22.7 Å². The Morgan fingerprint density at radius 3 is 1.19 bits per heavy atom. The van der Waals surface area contributed by atoms with Gasteiger partial charge in [0.15, 0.2) is 17.5 Å². The first-order chi connectivity index (χ1) is 39.6. The molecule has 16 aromatic rings. The minimum Gasteiger partial charge on any atom is -0.309 e. The highest BCUT2D eigenvalue weighted by molar-refractivity contribution is 7.27. The highest BCUT2D eigenvalue weighted by atomic mass is 32.1. The molecule has 5 aromatic heterocycles. The van der Waals surface area contributed by atoms with E-state index in [-0.39, 0.29) is 0 Å². The van der Waals surface area contributed by atoms with Crippen LogP contribution in [0.2, 0.25) is 0 Å². The highest BCUT2D eigenvalue weighted by Crippen LogP contribution is 2.48. The quantitative estimate of drug-likeness (QED) is 0.158. The third kappa shape index (κ3) is 6.92. The minimum atomic E-state index is 0.493. The van der Waals surface area contributed by atoms with Gasteiger partial charge in [-0.2, -0.15) is 10.5 Å². The van der Waals surface area contributed by atoms with Crippen LogP contribution in [0.5, 0.6) is 0 Å². The molecule has 0 unspecified atom stereocenters. The average molecular weight is 1050 g/mol. The number of thiophene rings is 2. The molecule has 0 aliphatic carbocycles. The Balaban J connectivity index is 0.957. The molecule has 0 amide bonds. The zero-order valence-electron chi connectivity index (χ0n) is 42.5. The van der Waals surface area contributed by atoms with E-state index in [2.05, 4.69) is 179 Å². The summed E-state index contributed by atoms with van der Waals surface area (Å²) in [6.45, 7) is 0. The molecule has 0 spiro atoms. The van der Waals surface area contributed by atoms with Crippen molar-refractivity contribution in [1.82, 2.24) is 24.1 Å². The maximum Gasteiger partial charge on any atom is 0.164 e. The zero-order chi connectivity index (χ0) is 53.0. The van der Waals surface area contributed by atoms with E-state index in [1.165, 1.54) is 51.1 Å². The first kappa shape index (κ1) is 45.6. The van der Waals surface area contributed by atoms with Gasteiger partial charge in [0.25, 0.3) is 0 Å². The summed E-state index contributed by atoms with van der Waals surface area (Å²) >= 11 is 3.65. The molecule has 0 radical (unpaired) electrons. The number of aromatic nitrogens is 5. The number of benzene rings is 11. The van der Waals surface area contributed by atoms with Crippen LogP contribution in [0.25, 0.3) is 152 Å². The van der Waals surface area contributed by atoms with Crippen LogP contribution in [0.15, 0.2) is 237 Å². The molecule has 0 atom stereocenters. The Hall–Kier alpha value is -10.6. The lowest BCUT2D eigenvalue weighted by Gasteiger charge is -2.18. The molecule has 7 nitrogen and oxygen atoms in total. The molecule has 0 aliphatic rings. The van der Waals surface area contributed by atoms with E-state index in [9.17, 15) is 10.5 Å². The van der Waals surface area contributed by atoms with Gasteiger partial charge in [0.05, 0.1) is 56.7 Å². The van der Waals surface area contributed by atoms with E-state index in [0.717, 1.165) is 83.2 Å². The van der Waals surface area contributed by atoms with Crippen molar-refractivity contribution in [2.24, 2.45) is 0 Å². The number of hydrogen-bond donors (Lipinski definition) is 0. The van der Waals surface area contributed by atoms with Crippen molar-refractivity contribution < 1.29 is 0 Å². The molecule has 0 N–H and O–H groups in total. The summed E-state index contributed by atoms with van der Waals surface area (Å²) in [5.74, 6) is 1.51. The van der Waals surface area contributed by atoms with Gasteiger partial charge in [-0.3, -0.25) is 0 Å². The molecule has 0 saturated heterocycles. The van der Waals surface area contributed by atoms with E-state index >= 15 is 0 Å².